The van der Waals surface area contributed by atoms with Gasteiger partial charge in [0, 0.05) is 5.92 Å². The summed E-state index contributed by atoms with van der Waals surface area (Å²) in [4.78, 5) is 14.7. The van der Waals surface area contributed by atoms with Gasteiger partial charge in [-0.25, -0.2) is 4.98 Å². The van der Waals surface area contributed by atoms with Gasteiger partial charge in [0.1, 0.15) is 5.82 Å². The summed E-state index contributed by atoms with van der Waals surface area (Å²) in [6.07, 6.45) is 0. The van der Waals surface area contributed by atoms with E-state index in [9.17, 15) is 4.79 Å². The van der Waals surface area contributed by atoms with Gasteiger partial charge >= 0.3 is 5.97 Å². The second kappa shape index (κ2) is 3.55. The quantitative estimate of drug-likeness (QED) is 0.730. The van der Waals surface area contributed by atoms with Crippen LogP contribution in [-0.4, -0.2) is 26.3 Å². The maximum absolute atomic E-state index is 10.7. The highest BCUT2D eigenvalue weighted by Crippen LogP contribution is 2.20. The number of carboxylic acid groups (broad SMARTS) is 1. The lowest BCUT2D eigenvalue weighted by Crippen LogP contribution is -2.17. The SMILES string of the molecule is Cc1nc(C(C)C(C)C(=O)O)n[nH]1. The van der Waals surface area contributed by atoms with E-state index in [2.05, 4.69) is 15.2 Å². The summed E-state index contributed by atoms with van der Waals surface area (Å²) in [5.74, 6) is -0.181. The molecule has 72 valence electrons. The molecule has 1 aromatic rings. The lowest BCUT2D eigenvalue weighted by Gasteiger charge is -2.11. The number of rotatable bonds is 3. The molecule has 2 unspecified atom stereocenters. The molecule has 1 heterocycles. The second-order valence-electron chi connectivity index (χ2n) is 3.19. The van der Waals surface area contributed by atoms with Crippen LogP contribution in [0.5, 0.6) is 0 Å². The third-order valence-electron chi connectivity index (χ3n) is 2.16. The summed E-state index contributed by atoms with van der Waals surface area (Å²) < 4.78 is 0. The van der Waals surface area contributed by atoms with E-state index in [0.29, 0.717) is 11.6 Å². The minimum atomic E-state index is -0.824. The van der Waals surface area contributed by atoms with Crippen LogP contribution in [0, 0.1) is 12.8 Å². The molecule has 0 aromatic carbocycles. The zero-order valence-corrected chi connectivity index (χ0v) is 7.90. The van der Waals surface area contributed by atoms with E-state index in [-0.39, 0.29) is 5.92 Å². The number of aryl methyl sites for hydroxylation is 1. The molecule has 0 aliphatic heterocycles. The zero-order valence-electron chi connectivity index (χ0n) is 7.90. The van der Waals surface area contributed by atoms with Gasteiger partial charge in [0.05, 0.1) is 5.92 Å². The second-order valence-corrected chi connectivity index (χ2v) is 3.19. The number of aromatic nitrogens is 3. The van der Waals surface area contributed by atoms with Crippen molar-refractivity contribution in [2.45, 2.75) is 26.7 Å². The summed E-state index contributed by atoms with van der Waals surface area (Å²) in [6, 6.07) is 0. The molecule has 5 nitrogen and oxygen atoms in total. The molecular weight excluding hydrogens is 170 g/mol. The first-order valence-electron chi connectivity index (χ1n) is 4.14. The van der Waals surface area contributed by atoms with Gasteiger partial charge in [0.15, 0.2) is 5.82 Å². The maximum atomic E-state index is 10.7. The van der Waals surface area contributed by atoms with Crippen molar-refractivity contribution in [2.75, 3.05) is 0 Å². The fourth-order valence-electron chi connectivity index (χ4n) is 1.00. The third-order valence-corrected chi connectivity index (χ3v) is 2.16. The van der Waals surface area contributed by atoms with E-state index in [1.54, 1.807) is 20.8 Å². The fraction of sp³-hybridized carbons (Fsp3) is 0.625. The molecule has 0 bridgehead atoms. The Balaban J connectivity index is 2.78. The number of H-pyrrole nitrogens is 1. The largest absolute Gasteiger partial charge is 0.481 e. The standard InChI is InChI=1S/C8H13N3O2/c1-4(5(2)8(12)13)7-9-6(3)10-11-7/h4-5H,1-3H3,(H,12,13)(H,9,10,11). The number of nitrogens with zero attached hydrogens (tertiary/aromatic N) is 2. The first-order chi connectivity index (χ1) is 6.02. The molecule has 13 heavy (non-hydrogen) atoms. The highest BCUT2D eigenvalue weighted by atomic mass is 16.4. The van der Waals surface area contributed by atoms with Crippen molar-refractivity contribution in [1.82, 2.24) is 15.2 Å². The Labute approximate surface area is 76.2 Å². The summed E-state index contributed by atoms with van der Waals surface area (Å²) >= 11 is 0. The molecule has 1 rings (SSSR count). The Morgan fingerprint density at radius 1 is 1.54 bits per heavy atom. The van der Waals surface area contributed by atoms with Crippen molar-refractivity contribution in [3.8, 4) is 0 Å². The highest BCUT2D eigenvalue weighted by molar-refractivity contribution is 5.70. The van der Waals surface area contributed by atoms with Crippen LogP contribution < -0.4 is 0 Å². The predicted molar refractivity (Wildman–Crippen MR) is 46.3 cm³/mol. The Morgan fingerprint density at radius 3 is 2.54 bits per heavy atom. The van der Waals surface area contributed by atoms with E-state index in [0.717, 1.165) is 0 Å². The fourth-order valence-corrected chi connectivity index (χ4v) is 1.00. The van der Waals surface area contributed by atoms with Crippen LogP contribution in [0.15, 0.2) is 0 Å². The number of carboxylic acids is 1. The highest BCUT2D eigenvalue weighted by Gasteiger charge is 2.23. The Hall–Kier alpha value is -1.39. The van der Waals surface area contributed by atoms with Crippen molar-refractivity contribution in [1.29, 1.82) is 0 Å². The van der Waals surface area contributed by atoms with Crippen molar-refractivity contribution in [2.24, 2.45) is 5.92 Å². The van der Waals surface area contributed by atoms with Crippen LogP contribution in [0.4, 0.5) is 0 Å². The Bertz CT molecular complexity index is 308. The summed E-state index contributed by atoms with van der Waals surface area (Å²) in [5, 5.41) is 15.4. The van der Waals surface area contributed by atoms with Gasteiger partial charge in [0.2, 0.25) is 0 Å². The number of carbonyl (C=O) groups is 1. The first kappa shape index (κ1) is 9.70. The van der Waals surface area contributed by atoms with Gasteiger partial charge in [-0.3, -0.25) is 9.89 Å². The summed E-state index contributed by atoms with van der Waals surface area (Å²) in [7, 11) is 0. The molecule has 2 N–H and O–H groups in total. The van der Waals surface area contributed by atoms with Gasteiger partial charge in [0.25, 0.3) is 0 Å². The maximum Gasteiger partial charge on any atom is 0.306 e. The van der Waals surface area contributed by atoms with Crippen LogP contribution in [0.25, 0.3) is 0 Å². The Kier molecular flexibility index (Phi) is 2.65. The minimum Gasteiger partial charge on any atom is -0.481 e. The molecule has 0 radical (unpaired) electrons. The number of aromatic amines is 1. The lowest BCUT2D eigenvalue weighted by molar-refractivity contribution is -0.141. The van der Waals surface area contributed by atoms with Gasteiger partial charge in [-0.2, -0.15) is 5.10 Å². The van der Waals surface area contributed by atoms with Crippen molar-refractivity contribution in [3.63, 3.8) is 0 Å². The van der Waals surface area contributed by atoms with Crippen molar-refractivity contribution in [3.05, 3.63) is 11.6 Å². The number of aliphatic carboxylic acids is 1. The van der Waals surface area contributed by atoms with Gasteiger partial charge in [-0.1, -0.05) is 13.8 Å². The van der Waals surface area contributed by atoms with Crippen molar-refractivity contribution < 1.29 is 9.90 Å². The lowest BCUT2D eigenvalue weighted by atomic mass is 9.96. The molecular formula is C8H13N3O2. The van der Waals surface area contributed by atoms with Gasteiger partial charge in [-0.15, -0.1) is 0 Å². The average Bonchev–Trinajstić information content (AvgIpc) is 2.49. The van der Waals surface area contributed by atoms with Gasteiger partial charge < -0.3 is 5.11 Å². The van der Waals surface area contributed by atoms with E-state index in [1.165, 1.54) is 0 Å². The molecule has 0 aliphatic carbocycles. The van der Waals surface area contributed by atoms with E-state index in [1.807, 2.05) is 0 Å². The van der Waals surface area contributed by atoms with Crippen molar-refractivity contribution >= 4 is 5.97 Å². The monoisotopic (exact) mass is 183 g/mol. The average molecular weight is 183 g/mol. The van der Waals surface area contributed by atoms with Crippen LogP contribution in [0.2, 0.25) is 0 Å². The topological polar surface area (TPSA) is 78.9 Å². The number of nitrogens with one attached hydrogen (secondary N) is 1. The molecule has 2 atom stereocenters. The van der Waals surface area contributed by atoms with Gasteiger partial charge in [-0.05, 0) is 6.92 Å². The van der Waals surface area contributed by atoms with Crippen LogP contribution in [0.3, 0.4) is 0 Å². The predicted octanol–water partition coefficient (Wildman–Crippen LogP) is 0.937. The summed E-state index contributed by atoms with van der Waals surface area (Å²) in [6.45, 7) is 5.24. The number of hydrogen-bond acceptors (Lipinski definition) is 3. The van der Waals surface area contributed by atoms with Crippen LogP contribution >= 0.6 is 0 Å². The Morgan fingerprint density at radius 2 is 2.15 bits per heavy atom. The molecule has 0 saturated carbocycles. The molecule has 0 saturated heterocycles. The number of hydrogen-bond donors (Lipinski definition) is 2. The van der Waals surface area contributed by atoms with E-state index < -0.39 is 11.9 Å². The van der Waals surface area contributed by atoms with Crippen LogP contribution in [-0.2, 0) is 4.79 Å². The van der Waals surface area contributed by atoms with E-state index >= 15 is 0 Å². The molecule has 0 fully saturated rings. The smallest absolute Gasteiger partial charge is 0.306 e. The minimum absolute atomic E-state index is 0.164. The molecule has 0 aliphatic rings. The van der Waals surface area contributed by atoms with Crippen LogP contribution in [0.1, 0.15) is 31.4 Å². The molecule has 1 aromatic heterocycles. The normalized spacial score (nSPS) is 15.3. The molecule has 0 spiro atoms. The van der Waals surface area contributed by atoms with E-state index in [4.69, 9.17) is 5.11 Å². The molecule has 0 amide bonds. The zero-order chi connectivity index (χ0) is 10.0. The third kappa shape index (κ3) is 2.05. The summed E-state index contributed by atoms with van der Waals surface area (Å²) in [5.41, 5.74) is 0. The molecule has 5 heteroatoms. The first-order valence-corrected chi connectivity index (χ1v) is 4.14.